The summed E-state index contributed by atoms with van der Waals surface area (Å²) >= 11 is 0. The summed E-state index contributed by atoms with van der Waals surface area (Å²) in [6.07, 6.45) is 1.17. The van der Waals surface area contributed by atoms with Gasteiger partial charge in [0.15, 0.2) is 11.5 Å². The fraction of sp³-hybridized carbons (Fsp3) is 0.600. The molecule has 20 heavy (non-hydrogen) atoms. The molecule has 1 unspecified atom stereocenters. The Labute approximate surface area is 120 Å². The van der Waals surface area contributed by atoms with Crippen molar-refractivity contribution in [1.29, 1.82) is 0 Å². The maximum atomic E-state index is 9.91. The van der Waals surface area contributed by atoms with Gasteiger partial charge in [0.25, 0.3) is 0 Å². The zero-order valence-corrected chi connectivity index (χ0v) is 12.4. The summed E-state index contributed by atoms with van der Waals surface area (Å²) in [6.45, 7) is 3.75. The Morgan fingerprint density at radius 3 is 2.40 bits per heavy atom. The van der Waals surface area contributed by atoms with Crippen LogP contribution in [0.2, 0.25) is 0 Å². The molecule has 0 radical (unpaired) electrons. The van der Waals surface area contributed by atoms with Gasteiger partial charge in [-0.3, -0.25) is 4.90 Å². The Bertz CT molecular complexity index is 424. The molecule has 0 spiro atoms. The van der Waals surface area contributed by atoms with Crippen LogP contribution in [0, 0.1) is 5.92 Å². The van der Waals surface area contributed by atoms with E-state index in [2.05, 4.69) is 4.90 Å². The summed E-state index contributed by atoms with van der Waals surface area (Å²) in [5.41, 5.74) is 1.08. The highest BCUT2D eigenvalue weighted by Gasteiger charge is 2.23. The third-order valence-electron chi connectivity index (χ3n) is 3.72. The van der Waals surface area contributed by atoms with Crippen LogP contribution in [0.5, 0.6) is 17.2 Å². The number of benzene rings is 1. The molecule has 0 aliphatic carbocycles. The maximum absolute atomic E-state index is 9.91. The van der Waals surface area contributed by atoms with Crippen molar-refractivity contribution >= 4 is 0 Å². The fourth-order valence-corrected chi connectivity index (χ4v) is 2.73. The molecule has 1 aromatic carbocycles. The summed E-state index contributed by atoms with van der Waals surface area (Å²) < 4.78 is 15.6. The molecule has 1 saturated heterocycles. The van der Waals surface area contributed by atoms with Crippen molar-refractivity contribution in [3.8, 4) is 17.2 Å². The first-order valence-corrected chi connectivity index (χ1v) is 6.83. The van der Waals surface area contributed by atoms with Crippen molar-refractivity contribution in [3.05, 3.63) is 17.7 Å². The van der Waals surface area contributed by atoms with E-state index >= 15 is 0 Å². The minimum absolute atomic E-state index is 0.0532. The molecule has 1 heterocycles. The molecule has 1 N–H and O–H groups in total. The van der Waals surface area contributed by atoms with Gasteiger partial charge in [0.05, 0.1) is 20.8 Å². The Hall–Kier alpha value is -1.46. The van der Waals surface area contributed by atoms with Crippen LogP contribution in [0.3, 0.4) is 0 Å². The lowest BCUT2D eigenvalue weighted by atomic mass is 10.1. The van der Waals surface area contributed by atoms with Crippen molar-refractivity contribution in [3.63, 3.8) is 0 Å². The minimum Gasteiger partial charge on any atom is -0.502 e. The molecule has 2 rings (SSSR count). The van der Waals surface area contributed by atoms with E-state index in [1.54, 1.807) is 21.3 Å². The van der Waals surface area contributed by atoms with E-state index in [0.717, 1.165) is 31.8 Å². The van der Waals surface area contributed by atoms with Crippen molar-refractivity contribution in [2.24, 2.45) is 5.92 Å². The second kappa shape index (κ2) is 6.81. The first kappa shape index (κ1) is 14.9. The molecule has 1 aromatic rings. The van der Waals surface area contributed by atoms with Crippen LogP contribution in [0.25, 0.3) is 0 Å². The van der Waals surface area contributed by atoms with E-state index in [4.69, 9.17) is 14.2 Å². The fourth-order valence-electron chi connectivity index (χ4n) is 2.73. The second-order valence-corrected chi connectivity index (χ2v) is 5.19. The SMILES string of the molecule is COCC1CCN(Cc2cc(OC)c(O)c(OC)c2)C1. The Kier molecular flexibility index (Phi) is 5.09. The lowest BCUT2D eigenvalue weighted by Gasteiger charge is -2.18. The Morgan fingerprint density at radius 2 is 1.85 bits per heavy atom. The number of hydrogen-bond donors (Lipinski definition) is 1. The molecule has 1 aliphatic rings. The number of ether oxygens (including phenoxy) is 3. The lowest BCUT2D eigenvalue weighted by Crippen LogP contribution is -2.21. The van der Waals surface area contributed by atoms with Crippen LogP contribution in [0.15, 0.2) is 12.1 Å². The highest BCUT2D eigenvalue weighted by atomic mass is 16.5. The molecule has 0 bridgehead atoms. The summed E-state index contributed by atoms with van der Waals surface area (Å²) in [6, 6.07) is 3.73. The Balaban J connectivity index is 2.06. The van der Waals surface area contributed by atoms with Crippen LogP contribution in [0.4, 0.5) is 0 Å². The molecule has 1 atom stereocenters. The van der Waals surface area contributed by atoms with Gasteiger partial charge in [-0.15, -0.1) is 0 Å². The summed E-state index contributed by atoms with van der Waals surface area (Å²) in [5.74, 6) is 1.57. The van der Waals surface area contributed by atoms with E-state index < -0.39 is 0 Å². The standard InChI is InChI=1S/C15H23NO4/c1-18-10-11-4-5-16(8-11)9-12-6-13(19-2)15(17)14(7-12)20-3/h6-7,11,17H,4-5,8-10H2,1-3H3. The van der Waals surface area contributed by atoms with E-state index in [9.17, 15) is 5.11 Å². The highest BCUT2D eigenvalue weighted by molar-refractivity contribution is 5.52. The van der Waals surface area contributed by atoms with Crippen molar-refractivity contribution in [2.75, 3.05) is 41.0 Å². The van der Waals surface area contributed by atoms with E-state index in [-0.39, 0.29) is 5.75 Å². The molecule has 112 valence electrons. The topological polar surface area (TPSA) is 51.2 Å². The third-order valence-corrected chi connectivity index (χ3v) is 3.72. The molecule has 0 amide bonds. The molecular formula is C15H23NO4. The quantitative estimate of drug-likeness (QED) is 0.863. The number of likely N-dealkylation sites (tertiary alicyclic amines) is 1. The van der Waals surface area contributed by atoms with Gasteiger partial charge in [0.1, 0.15) is 0 Å². The first-order valence-electron chi connectivity index (χ1n) is 6.83. The molecular weight excluding hydrogens is 258 g/mol. The Morgan fingerprint density at radius 1 is 1.20 bits per heavy atom. The van der Waals surface area contributed by atoms with Crippen LogP contribution in [-0.4, -0.2) is 51.0 Å². The van der Waals surface area contributed by atoms with Crippen LogP contribution in [0.1, 0.15) is 12.0 Å². The number of rotatable bonds is 6. The number of nitrogens with zero attached hydrogens (tertiary/aromatic N) is 1. The molecule has 5 heteroatoms. The van der Waals surface area contributed by atoms with Gasteiger partial charge in [-0.1, -0.05) is 0 Å². The lowest BCUT2D eigenvalue weighted by molar-refractivity contribution is 0.152. The average molecular weight is 281 g/mol. The van der Waals surface area contributed by atoms with Crippen molar-refractivity contribution in [1.82, 2.24) is 4.90 Å². The number of phenols is 1. The van der Waals surface area contributed by atoms with Gasteiger partial charge in [0, 0.05) is 20.2 Å². The van der Waals surface area contributed by atoms with Gasteiger partial charge in [-0.05, 0) is 36.6 Å². The smallest absolute Gasteiger partial charge is 0.200 e. The number of phenolic OH excluding ortho intramolecular Hbond substituents is 1. The molecule has 0 saturated carbocycles. The molecule has 0 aromatic heterocycles. The average Bonchev–Trinajstić information content (AvgIpc) is 2.88. The van der Waals surface area contributed by atoms with Gasteiger partial charge in [-0.25, -0.2) is 0 Å². The van der Waals surface area contributed by atoms with Crippen LogP contribution in [-0.2, 0) is 11.3 Å². The molecule has 1 aliphatic heterocycles. The first-order chi connectivity index (χ1) is 9.67. The van der Waals surface area contributed by atoms with E-state index in [1.165, 1.54) is 6.42 Å². The predicted octanol–water partition coefficient (Wildman–Crippen LogP) is 1.88. The largest absolute Gasteiger partial charge is 0.502 e. The predicted molar refractivity (Wildman–Crippen MR) is 76.5 cm³/mol. The monoisotopic (exact) mass is 281 g/mol. The third kappa shape index (κ3) is 3.35. The normalized spacial score (nSPS) is 19.2. The zero-order valence-electron chi connectivity index (χ0n) is 12.4. The van der Waals surface area contributed by atoms with Gasteiger partial charge in [0.2, 0.25) is 5.75 Å². The summed E-state index contributed by atoms with van der Waals surface area (Å²) in [5, 5.41) is 9.91. The van der Waals surface area contributed by atoms with Gasteiger partial charge < -0.3 is 19.3 Å². The number of methoxy groups -OCH3 is 3. The second-order valence-electron chi connectivity index (χ2n) is 5.19. The number of aromatic hydroxyl groups is 1. The van der Waals surface area contributed by atoms with Crippen LogP contribution < -0.4 is 9.47 Å². The maximum Gasteiger partial charge on any atom is 0.200 e. The zero-order chi connectivity index (χ0) is 14.5. The summed E-state index contributed by atoms with van der Waals surface area (Å²) in [7, 11) is 4.84. The minimum atomic E-state index is 0.0532. The van der Waals surface area contributed by atoms with E-state index in [0.29, 0.717) is 17.4 Å². The van der Waals surface area contributed by atoms with E-state index in [1.807, 2.05) is 12.1 Å². The van der Waals surface area contributed by atoms with Crippen molar-refractivity contribution < 1.29 is 19.3 Å². The van der Waals surface area contributed by atoms with Gasteiger partial charge >= 0.3 is 0 Å². The summed E-state index contributed by atoms with van der Waals surface area (Å²) in [4.78, 5) is 2.38. The van der Waals surface area contributed by atoms with Crippen LogP contribution >= 0.6 is 0 Å². The number of hydrogen-bond acceptors (Lipinski definition) is 5. The highest BCUT2D eigenvalue weighted by Crippen LogP contribution is 2.37. The molecule has 5 nitrogen and oxygen atoms in total. The molecule has 1 fully saturated rings. The van der Waals surface area contributed by atoms with Gasteiger partial charge in [-0.2, -0.15) is 0 Å². The van der Waals surface area contributed by atoms with Crippen molar-refractivity contribution in [2.45, 2.75) is 13.0 Å².